The lowest BCUT2D eigenvalue weighted by Gasteiger charge is -2.22. The number of fused-ring (bicyclic) bond motifs is 1. The number of para-hydroxylation sites is 1. The van der Waals surface area contributed by atoms with Crippen LogP contribution in [0.25, 0.3) is 0 Å². The standard InChI is InChI=1S/C23H23N3O5S2/c1-26-13-12-17-19(14-26)32-22(20(17)23(28)31-2)24-21(27)16-10-6-7-11-18(16)25-33(29,30)15-8-4-3-5-9-15/h3-11,25H,12-14H2,1-2H3,(H,24,27). The van der Waals surface area contributed by atoms with Crippen LogP contribution in [0.1, 0.15) is 31.2 Å². The number of nitrogens with one attached hydrogen (secondary N) is 2. The lowest BCUT2D eigenvalue weighted by atomic mass is 10.0. The van der Waals surface area contributed by atoms with Gasteiger partial charge in [-0.2, -0.15) is 0 Å². The third-order valence-electron chi connectivity index (χ3n) is 5.33. The van der Waals surface area contributed by atoms with E-state index in [4.69, 9.17) is 4.74 Å². The van der Waals surface area contributed by atoms with Crippen LogP contribution < -0.4 is 10.0 Å². The zero-order chi connectivity index (χ0) is 23.6. The maximum absolute atomic E-state index is 13.2. The number of sulfonamides is 1. The molecule has 1 aliphatic rings. The summed E-state index contributed by atoms with van der Waals surface area (Å²) in [4.78, 5) is 28.9. The zero-order valence-electron chi connectivity index (χ0n) is 18.1. The first-order valence-corrected chi connectivity index (χ1v) is 12.5. The number of hydrogen-bond acceptors (Lipinski definition) is 7. The van der Waals surface area contributed by atoms with Crippen molar-refractivity contribution in [1.29, 1.82) is 0 Å². The summed E-state index contributed by atoms with van der Waals surface area (Å²) in [5.41, 5.74) is 1.52. The molecule has 2 aromatic carbocycles. The van der Waals surface area contributed by atoms with E-state index in [0.717, 1.165) is 17.0 Å². The maximum atomic E-state index is 13.2. The summed E-state index contributed by atoms with van der Waals surface area (Å²) in [5, 5.41) is 3.20. The van der Waals surface area contributed by atoms with E-state index in [1.165, 1.54) is 42.7 Å². The van der Waals surface area contributed by atoms with Crippen LogP contribution in [0.5, 0.6) is 0 Å². The number of methoxy groups -OCH3 is 1. The second-order valence-corrected chi connectivity index (χ2v) is 10.4. The number of thiophene rings is 1. The van der Waals surface area contributed by atoms with Crippen molar-refractivity contribution in [1.82, 2.24) is 4.90 Å². The Hall–Kier alpha value is -3.21. The molecule has 0 spiro atoms. The number of likely N-dealkylation sites (N-methyl/N-ethyl adjacent to an activating group) is 1. The van der Waals surface area contributed by atoms with Gasteiger partial charge in [0.1, 0.15) is 5.00 Å². The van der Waals surface area contributed by atoms with E-state index in [-0.39, 0.29) is 16.1 Å². The number of carbonyl (C=O) groups excluding carboxylic acids is 2. The third kappa shape index (κ3) is 4.77. The fourth-order valence-corrected chi connectivity index (χ4v) is 6.09. The Morgan fingerprint density at radius 3 is 2.48 bits per heavy atom. The quantitative estimate of drug-likeness (QED) is 0.517. The lowest BCUT2D eigenvalue weighted by molar-refractivity contribution is 0.0600. The first-order valence-electron chi connectivity index (χ1n) is 10.2. The Kier molecular flexibility index (Phi) is 6.50. The van der Waals surface area contributed by atoms with Crippen molar-refractivity contribution in [2.75, 3.05) is 30.7 Å². The molecular weight excluding hydrogens is 462 g/mol. The highest BCUT2D eigenvalue weighted by atomic mass is 32.2. The number of benzene rings is 2. The number of carbonyl (C=O) groups is 2. The SMILES string of the molecule is COC(=O)c1c(NC(=O)c2ccccc2NS(=O)(=O)c2ccccc2)sc2c1CCN(C)C2. The highest BCUT2D eigenvalue weighted by Gasteiger charge is 2.29. The van der Waals surface area contributed by atoms with Crippen molar-refractivity contribution in [2.45, 2.75) is 17.9 Å². The predicted molar refractivity (Wildman–Crippen MR) is 127 cm³/mol. The summed E-state index contributed by atoms with van der Waals surface area (Å²) in [6, 6.07) is 14.2. The van der Waals surface area contributed by atoms with Gasteiger partial charge in [-0.25, -0.2) is 13.2 Å². The average molecular weight is 486 g/mol. The lowest BCUT2D eigenvalue weighted by Crippen LogP contribution is -2.26. The van der Waals surface area contributed by atoms with E-state index in [1.807, 2.05) is 7.05 Å². The Morgan fingerprint density at radius 2 is 1.76 bits per heavy atom. The van der Waals surface area contributed by atoms with Crippen LogP contribution in [0, 0.1) is 0 Å². The summed E-state index contributed by atoms with van der Waals surface area (Å²) in [6.07, 6.45) is 0.677. The van der Waals surface area contributed by atoms with Crippen molar-refractivity contribution in [3.05, 3.63) is 76.2 Å². The van der Waals surface area contributed by atoms with Crippen molar-refractivity contribution in [2.24, 2.45) is 0 Å². The zero-order valence-corrected chi connectivity index (χ0v) is 19.8. The minimum atomic E-state index is -3.88. The molecule has 0 saturated heterocycles. The fraction of sp³-hybridized carbons (Fsp3) is 0.217. The summed E-state index contributed by atoms with van der Waals surface area (Å²) >= 11 is 1.34. The monoisotopic (exact) mass is 485 g/mol. The molecule has 1 aliphatic heterocycles. The molecule has 2 heterocycles. The van der Waals surface area contributed by atoms with Gasteiger partial charge in [-0.3, -0.25) is 9.52 Å². The number of ether oxygens (including phenoxy) is 1. The van der Waals surface area contributed by atoms with E-state index in [9.17, 15) is 18.0 Å². The molecule has 0 atom stereocenters. The van der Waals surface area contributed by atoms with E-state index >= 15 is 0 Å². The third-order valence-corrected chi connectivity index (χ3v) is 7.85. The molecule has 2 N–H and O–H groups in total. The minimum absolute atomic E-state index is 0.0863. The van der Waals surface area contributed by atoms with E-state index < -0.39 is 21.9 Å². The van der Waals surface area contributed by atoms with Crippen molar-refractivity contribution in [3.8, 4) is 0 Å². The molecule has 0 aliphatic carbocycles. The fourth-order valence-electron chi connectivity index (χ4n) is 3.68. The Morgan fingerprint density at radius 1 is 1.06 bits per heavy atom. The highest BCUT2D eigenvalue weighted by molar-refractivity contribution is 7.92. The molecule has 0 bridgehead atoms. The predicted octanol–water partition coefficient (Wildman–Crippen LogP) is 3.58. The normalized spacial score (nSPS) is 13.8. The molecular formula is C23H23N3O5S2. The number of esters is 1. The molecule has 3 aromatic rings. The molecule has 0 radical (unpaired) electrons. The van der Waals surface area contributed by atoms with Gasteiger partial charge in [-0.05, 0) is 43.3 Å². The van der Waals surface area contributed by atoms with Crippen molar-refractivity contribution in [3.63, 3.8) is 0 Å². The molecule has 172 valence electrons. The molecule has 0 fully saturated rings. The first kappa shape index (κ1) is 23.0. The van der Waals surface area contributed by atoms with Gasteiger partial charge in [0.2, 0.25) is 0 Å². The molecule has 0 saturated carbocycles. The van der Waals surface area contributed by atoms with E-state index in [1.54, 1.807) is 30.3 Å². The van der Waals surface area contributed by atoms with E-state index in [0.29, 0.717) is 23.5 Å². The molecule has 1 aromatic heterocycles. The molecule has 33 heavy (non-hydrogen) atoms. The number of amides is 1. The van der Waals surface area contributed by atoms with Gasteiger partial charge >= 0.3 is 5.97 Å². The smallest absolute Gasteiger partial charge is 0.341 e. The molecule has 0 unspecified atom stereocenters. The highest BCUT2D eigenvalue weighted by Crippen LogP contribution is 2.37. The van der Waals surface area contributed by atoms with E-state index in [2.05, 4.69) is 14.9 Å². The number of hydrogen-bond donors (Lipinski definition) is 2. The van der Waals surface area contributed by atoms with Crippen LogP contribution >= 0.6 is 11.3 Å². The molecule has 4 rings (SSSR count). The average Bonchev–Trinajstić information content (AvgIpc) is 3.15. The van der Waals surface area contributed by atoms with Gasteiger partial charge in [0.05, 0.1) is 28.8 Å². The van der Waals surface area contributed by atoms with Crippen LogP contribution in [-0.4, -0.2) is 45.9 Å². The maximum Gasteiger partial charge on any atom is 0.341 e. The summed E-state index contributed by atoms with van der Waals surface area (Å²) < 4.78 is 33.0. The van der Waals surface area contributed by atoms with Gasteiger partial charge in [0.25, 0.3) is 15.9 Å². The largest absolute Gasteiger partial charge is 0.465 e. The second-order valence-electron chi connectivity index (χ2n) is 7.61. The van der Waals surface area contributed by atoms with Gasteiger partial charge < -0.3 is 15.0 Å². The van der Waals surface area contributed by atoms with Crippen LogP contribution in [0.15, 0.2) is 59.5 Å². The Balaban J connectivity index is 1.65. The van der Waals surface area contributed by atoms with Crippen molar-refractivity contribution < 1.29 is 22.7 Å². The van der Waals surface area contributed by atoms with Crippen molar-refractivity contribution >= 4 is 43.9 Å². The summed E-state index contributed by atoms with van der Waals surface area (Å²) in [5.74, 6) is -1.04. The number of rotatable bonds is 6. The Labute approximate surface area is 196 Å². The second kappa shape index (κ2) is 9.34. The summed E-state index contributed by atoms with van der Waals surface area (Å²) in [6.45, 7) is 1.47. The van der Waals surface area contributed by atoms with Gasteiger partial charge in [-0.1, -0.05) is 30.3 Å². The minimum Gasteiger partial charge on any atom is -0.465 e. The van der Waals surface area contributed by atoms with Gasteiger partial charge in [0, 0.05) is 18.0 Å². The Bertz CT molecular complexity index is 1300. The first-order chi connectivity index (χ1) is 15.8. The summed E-state index contributed by atoms with van der Waals surface area (Å²) in [7, 11) is -0.583. The van der Waals surface area contributed by atoms with Crippen LogP contribution in [0.2, 0.25) is 0 Å². The number of nitrogens with zero attached hydrogens (tertiary/aromatic N) is 1. The van der Waals surface area contributed by atoms with Crippen LogP contribution in [0.3, 0.4) is 0 Å². The molecule has 10 heteroatoms. The van der Waals surface area contributed by atoms with Crippen LogP contribution in [-0.2, 0) is 27.7 Å². The van der Waals surface area contributed by atoms with Gasteiger partial charge in [-0.15, -0.1) is 11.3 Å². The van der Waals surface area contributed by atoms with Gasteiger partial charge in [0.15, 0.2) is 0 Å². The molecule has 8 nitrogen and oxygen atoms in total. The molecule has 1 amide bonds. The van der Waals surface area contributed by atoms with Crippen LogP contribution in [0.4, 0.5) is 10.7 Å². The number of anilines is 2. The topological polar surface area (TPSA) is 105 Å².